The molecule has 1 aromatic carbocycles. The van der Waals surface area contributed by atoms with Crippen LogP contribution in [0.5, 0.6) is 0 Å². The second-order valence-corrected chi connectivity index (χ2v) is 6.74. The van der Waals surface area contributed by atoms with Crippen LogP contribution in [0.25, 0.3) is 11.3 Å². The Labute approximate surface area is 160 Å². The maximum atomic E-state index is 13.4. The second-order valence-electron chi connectivity index (χ2n) is 5.09. The van der Waals surface area contributed by atoms with Crippen LogP contribution < -0.4 is 21.5 Å². The predicted molar refractivity (Wildman–Crippen MR) is 85.3 cm³/mol. The summed E-state index contributed by atoms with van der Waals surface area (Å²) in [6, 6.07) is 11.8. The largest absolute Gasteiger partial charge is 1.00 e. The fraction of sp³-hybridized carbons (Fsp3) is 0.250. The number of hydrogen-bond donors (Lipinski definition) is 0. The van der Waals surface area contributed by atoms with E-state index >= 15 is 0 Å². The Kier molecular flexibility index (Phi) is 6.00. The Balaban J connectivity index is 0.00000208. The summed E-state index contributed by atoms with van der Waals surface area (Å²) in [4.78, 5) is 0. The average molecular weight is 480 g/mol. The third-order valence-electron chi connectivity index (χ3n) is 3.69. The van der Waals surface area contributed by atoms with Crippen LogP contribution in [0.2, 0.25) is 0 Å². The van der Waals surface area contributed by atoms with Crippen LogP contribution >= 0.6 is 27.7 Å². The highest BCUT2D eigenvalue weighted by molar-refractivity contribution is 9.09. The van der Waals surface area contributed by atoms with Crippen molar-refractivity contribution in [3.8, 4) is 17.3 Å². The summed E-state index contributed by atoms with van der Waals surface area (Å²) in [7, 11) is 0. The number of hydrogen-bond acceptors (Lipinski definition) is 2. The Bertz CT molecular complexity index is 789. The maximum absolute atomic E-state index is 13.4. The zero-order valence-electron chi connectivity index (χ0n) is 12.1. The van der Waals surface area contributed by atoms with Crippen molar-refractivity contribution in [2.24, 2.45) is 0 Å². The van der Waals surface area contributed by atoms with Crippen LogP contribution in [0, 0.1) is 11.3 Å². The van der Waals surface area contributed by atoms with Crippen molar-refractivity contribution in [1.82, 2.24) is 0 Å². The summed E-state index contributed by atoms with van der Waals surface area (Å²) in [5.74, 6) is 0.640. The van der Waals surface area contributed by atoms with Crippen molar-refractivity contribution in [3.63, 3.8) is 0 Å². The van der Waals surface area contributed by atoms with Crippen LogP contribution in [0.15, 0.2) is 41.4 Å². The lowest BCUT2D eigenvalue weighted by Crippen LogP contribution is -3.00. The first-order chi connectivity index (χ1) is 11.0. The summed E-state index contributed by atoms with van der Waals surface area (Å²) < 4.78 is 42.0. The number of nitrogens with zero attached hydrogens (tertiary/aromatic N) is 2. The lowest BCUT2D eigenvalue weighted by Gasteiger charge is -2.13. The molecule has 2 aromatic rings. The van der Waals surface area contributed by atoms with Gasteiger partial charge in [0.1, 0.15) is 11.6 Å². The number of nitriles is 1. The van der Waals surface area contributed by atoms with Gasteiger partial charge in [0.05, 0.1) is 16.6 Å². The number of benzene rings is 1. The molecule has 0 radical (unpaired) electrons. The highest BCUT2D eigenvalue weighted by Crippen LogP contribution is 2.40. The molecule has 2 heterocycles. The monoisotopic (exact) mass is 478 g/mol. The van der Waals surface area contributed by atoms with Gasteiger partial charge in [-0.25, -0.2) is 0 Å². The summed E-state index contributed by atoms with van der Waals surface area (Å²) in [6.45, 7) is 0. The minimum atomic E-state index is -4.56. The van der Waals surface area contributed by atoms with E-state index in [1.807, 2.05) is 10.6 Å². The van der Waals surface area contributed by atoms with Crippen LogP contribution in [-0.4, -0.2) is 11.1 Å². The highest BCUT2D eigenvalue weighted by atomic mass is 79.9. The van der Waals surface area contributed by atoms with E-state index in [-0.39, 0.29) is 28.6 Å². The third-order valence-corrected chi connectivity index (χ3v) is 5.66. The molecule has 0 fully saturated rings. The second kappa shape index (κ2) is 7.46. The first-order valence-corrected chi connectivity index (χ1v) is 8.92. The van der Waals surface area contributed by atoms with Gasteiger partial charge >= 0.3 is 6.18 Å². The van der Waals surface area contributed by atoms with Crippen LogP contribution in [-0.2, 0) is 6.18 Å². The van der Waals surface area contributed by atoms with Crippen LogP contribution in [0.4, 0.5) is 13.2 Å². The molecule has 126 valence electrons. The van der Waals surface area contributed by atoms with E-state index in [9.17, 15) is 18.4 Å². The van der Waals surface area contributed by atoms with Crippen LogP contribution in [0.1, 0.15) is 17.2 Å². The summed E-state index contributed by atoms with van der Waals surface area (Å²) in [6.07, 6.45) is -4.56. The zero-order valence-corrected chi connectivity index (χ0v) is 16.1. The summed E-state index contributed by atoms with van der Waals surface area (Å²) in [5.41, 5.74) is 0.0389. The van der Waals surface area contributed by atoms with Gasteiger partial charge in [-0.05, 0) is 23.9 Å². The number of pyridine rings is 1. The van der Waals surface area contributed by atoms with Crippen molar-refractivity contribution in [2.75, 3.05) is 11.1 Å². The number of halogens is 5. The molecule has 1 unspecified atom stereocenters. The van der Waals surface area contributed by atoms with E-state index in [1.165, 1.54) is 11.8 Å². The smallest absolute Gasteiger partial charge is 0.418 e. The Morgan fingerprint density at radius 2 is 1.96 bits per heavy atom. The van der Waals surface area contributed by atoms with E-state index in [2.05, 4.69) is 15.9 Å². The normalized spacial score (nSPS) is 16.2. The van der Waals surface area contributed by atoms with Gasteiger partial charge in [0, 0.05) is 11.6 Å². The molecule has 1 aliphatic rings. The molecule has 0 spiro atoms. The standard InChI is InChI=1S/C16H11BrF3N2S.BrH/c17-7-11-9-23-15-12(8-21)13(16(18,19)20)6-14(22(11)15)10-4-2-1-3-5-10;/h1-6,11H,7,9H2;1H/q+1;/p-1. The maximum Gasteiger partial charge on any atom is 0.418 e. The molecule has 0 saturated heterocycles. The summed E-state index contributed by atoms with van der Waals surface area (Å²) >= 11 is 4.72. The Morgan fingerprint density at radius 1 is 1.29 bits per heavy atom. The van der Waals surface area contributed by atoms with E-state index in [4.69, 9.17) is 0 Å². The van der Waals surface area contributed by atoms with E-state index in [1.54, 1.807) is 30.3 Å². The Hall–Kier alpha value is -1.04. The molecule has 0 amide bonds. The molecule has 0 N–H and O–H groups in total. The molecule has 0 saturated carbocycles. The van der Waals surface area contributed by atoms with Gasteiger partial charge in [0.2, 0.25) is 5.69 Å². The van der Waals surface area contributed by atoms with Crippen molar-refractivity contribution in [3.05, 3.63) is 47.5 Å². The van der Waals surface area contributed by atoms with Gasteiger partial charge in [0.25, 0.3) is 5.03 Å². The third kappa shape index (κ3) is 3.35. The molecule has 24 heavy (non-hydrogen) atoms. The van der Waals surface area contributed by atoms with Crippen molar-refractivity contribution in [2.45, 2.75) is 17.2 Å². The number of aromatic nitrogens is 1. The van der Waals surface area contributed by atoms with Gasteiger partial charge in [-0.3, -0.25) is 0 Å². The lowest BCUT2D eigenvalue weighted by molar-refractivity contribution is -0.733. The molecule has 8 heteroatoms. The van der Waals surface area contributed by atoms with Gasteiger partial charge < -0.3 is 17.0 Å². The fourth-order valence-corrected chi connectivity index (χ4v) is 4.78. The number of alkyl halides is 4. The predicted octanol–water partition coefficient (Wildman–Crippen LogP) is 1.58. The number of rotatable bonds is 2. The first kappa shape index (κ1) is 19.3. The molecule has 1 aliphatic heterocycles. The number of thioether (sulfide) groups is 1. The Morgan fingerprint density at radius 3 is 2.50 bits per heavy atom. The molecular weight excluding hydrogens is 469 g/mol. The minimum absolute atomic E-state index is 0. The molecule has 2 nitrogen and oxygen atoms in total. The van der Waals surface area contributed by atoms with Gasteiger partial charge in [-0.15, -0.1) is 0 Å². The molecule has 3 rings (SSSR count). The minimum Gasteiger partial charge on any atom is -1.00 e. The SMILES string of the molecule is N#Cc1c(C(F)(F)F)cc(-c2ccccc2)[n+]2c1SCC2CBr.[Br-]. The van der Waals surface area contributed by atoms with Gasteiger partial charge in [-0.2, -0.15) is 23.0 Å². The molecule has 0 aliphatic carbocycles. The van der Waals surface area contributed by atoms with Gasteiger partial charge in [-0.1, -0.05) is 34.1 Å². The molecule has 1 aromatic heterocycles. The topological polar surface area (TPSA) is 27.7 Å². The molecule has 0 bridgehead atoms. The molecule has 1 atom stereocenters. The van der Waals surface area contributed by atoms with Crippen molar-refractivity contribution >= 4 is 27.7 Å². The van der Waals surface area contributed by atoms with E-state index in [0.717, 1.165) is 6.07 Å². The zero-order chi connectivity index (χ0) is 16.6. The summed E-state index contributed by atoms with van der Waals surface area (Å²) in [5, 5.41) is 10.3. The quantitative estimate of drug-likeness (QED) is 0.483. The average Bonchev–Trinajstić information content (AvgIpc) is 2.97. The first-order valence-electron chi connectivity index (χ1n) is 6.81. The van der Waals surface area contributed by atoms with Gasteiger partial charge in [0.15, 0.2) is 6.04 Å². The van der Waals surface area contributed by atoms with E-state index in [0.29, 0.717) is 27.4 Å². The van der Waals surface area contributed by atoms with Crippen molar-refractivity contribution in [1.29, 1.82) is 5.26 Å². The van der Waals surface area contributed by atoms with Crippen LogP contribution in [0.3, 0.4) is 0 Å². The van der Waals surface area contributed by atoms with E-state index < -0.39 is 11.7 Å². The highest BCUT2D eigenvalue weighted by Gasteiger charge is 2.44. The van der Waals surface area contributed by atoms with Crippen molar-refractivity contribution < 1.29 is 34.7 Å². The fourth-order valence-electron chi connectivity index (χ4n) is 2.65. The lowest BCUT2D eigenvalue weighted by atomic mass is 10.0. The molecular formula is C16H11Br2F3N2S. The number of fused-ring (bicyclic) bond motifs is 1.